The van der Waals surface area contributed by atoms with Gasteiger partial charge in [-0.25, -0.2) is 4.98 Å². The van der Waals surface area contributed by atoms with Gasteiger partial charge < -0.3 is 14.4 Å². The number of piperidine rings is 1. The third kappa shape index (κ3) is 3.85. The van der Waals surface area contributed by atoms with E-state index < -0.39 is 0 Å². The first-order valence-electron chi connectivity index (χ1n) is 9.27. The lowest BCUT2D eigenvalue weighted by atomic mass is 10.1. The van der Waals surface area contributed by atoms with Crippen molar-refractivity contribution < 1.29 is 9.47 Å². The van der Waals surface area contributed by atoms with Gasteiger partial charge in [0.05, 0.1) is 29.7 Å². The third-order valence-electron chi connectivity index (χ3n) is 5.13. The standard InChI is InChI=1S/C19H25N3O3/c23-18-16-6-1-2-7-17(16)20-19(21-18)22-10-8-14(9-11-22)25-13-15-5-3-4-12-24-15/h1-2,6-7,14-15H,3-5,8-13H2,(H,20,21,23). The van der Waals surface area contributed by atoms with E-state index in [1.54, 1.807) is 6.07 Å². The summed E-state index contributed by atoms with van der Waals surface area (Å²) in [6.45, 7) is 3.26. The van der Waals surface area contributed by atoms with Crippen LogP contribution in [0.15, 0.2) is 29.1 Å². The molecule has 1 atom stereocenters. The largest absolute Gasteiger partial charge is 0.376 e. The SMILES string of the molecule is O=c1[nH]c(N2CCC(OCC3CCCCO3)CC2)nc2ccccc12. The summed E-state index contributed by atoms with van der Waals surface area (Å²) in [5, 5.41) is 0.636. The molecule has 25 heavy (non-hydrogen) atoms. The number of ether oxygens (including phenoxy) is 2. The Morgan fingerprint density at radius 2 is 2.04 bits per heavy atom. The van der Waals surface area contributed by atoms with Crippen molar-refractivity contribution in [3.63, 3.8) is 0 Å². The minimum atomic E-state index is -0.0755. The Labute approximate surface area is 147 Å². The molecule has 2 saturated heterocycles. The van der Waals surface area contributed by atoms with Crippen LogP contribution in [0.1, 0.15) is 32.1 Å². The number of aromatic amines is 1. The van der Waals surface area contributed by atoms with Crippen LogP contribution < -0.4 is 10.5 Å². The average molecular weight is 343 g/mol. The number of fused-ring (bicyclic) bond motifs is 1. The summed E-state index contributed by atoms with van der Waals surface area (Å²) in [6.07, 6.45) is 5.96. The fourth-order valence-electron chi connectivity index (χ4n) is 3.64. The number of hydrogen-bond acceptors (Lipinski definition) is 5. The molecule has 2 fully saturated rings. The first kappa shape index (κ1) is 16.5. The molecule has 1 unspecified atom stereocenters. The second-order valence-corrected chi connectivity index (χ2v) is 6.92. The quantitative estimate of drug-likeness (QED) is 0.924. The Hall–Kier alpha value is -1.92. The van der Waals surface area contributed by atoms with E-state index in [1.807, 2.05) is 18.2 Å². The minimum absolute atomic E-state index is 0.0755. The number of H-pyrrole nitrogens is 1. The summed E-state index contributed by atoms with van der Waals surface area (Å²) in [5.41, 5.74) is 0.669. The first-order chi connectivity index (χ1) is 12.3. The minimum Gasteiger partial charge on any atom is -0.376 e. The Morgan fingerprint density at radius 1 is 1.20 bits per heavy atom. The Morgan fingerprint density at radius 3 is 2.84 bits per heavy atom. The lowest BCUT2D eigenvalue weighted by Crippen LogP contribution is -2.39. The van der Waals surface area contributed by atoms with Crippen LogP contribution in [0.3, 0.4) is 0 Å². The molecule has 134 valence electrons. The maximum absolute atomic E-state index is 12.2. The van der Waals surface area contributed by atoms with Crippen LogP contribution >= 0.6 is 0 Å². The Kier molecular flexibility index (Phi) is 4.99. The van der Waals surface area contributed by atoms with Crippen LogP contribution in [0.2, 0.25) is 0 Å². The highest BCUT2D eigenvalue weighted by Gasteiger charge is 2.23. The van der Waals surface area contributed by atoms with Crippen LogP contribution in [-0.4, -0.2) is 48.5 Å². The van der Waals surface area contributed by atoms with E-state index in [4.69, 9.17) is 9.47 Å². The van der Waals surface area contributed by atoms with Crippen LogP contribution in [0.4, 0.5) is 5.95 Å². The number of benzene rings is 1. The zero-order valence-corrected chi connectivity index (χ0v) is 14.4. The molecular formula is C19H25N3O3. The summed E-state index contributed by atoms with van der Waals surface area (Å²) in [7, 11) is 0. The highest BCUT2D eigenvalue weighted by Crippen LogP contribution is 2.20. The lowest BCUT2D eigenvalue weighted by molar-refractivity contribution is -0.0672. The molecule has 2 aliphatic rings. The van der Waals surface area contributed by atoms with Gasteiger partial charge in [0.15, 0.2) is 0 Å². The van der Waals surface area contributed by atoms with Crippen molar-refractivity contribution in [3.05, 3.63) is 34.6 Å². The summed E-state index contributed by atoms with van der Waals surface area (Å²) in [5.74, 6) is 0.665. The second-order valence-electron chi connectivity index (χ2n) is 6.92. The number of nitrogens with one attached hydrogen (secondary N) is 1. The molecule has 1 aromatic heterocycles. The molecule has 2 aromatic rings. The van der Waals surface area contributed by atoms with Gasteiger partial charge in [0.25, 0.3) is 5.56 Å². The Balaban J connectivity index is 1.34. The van der Waals surface area contributed by atoms with E-state index in [1.165, 1.54) is 12.8 Å². The molecule has 6 heteroatoms. The van der Waals surface area contributed by atoms with Crippen LogP contribution in [0.25, 0.3) is 10.9 Å². The van der Waals surface area contributed by atoms with E-state index >= 15 is 0 Å². The van der Waals surface area contributed by atoms with Gasteiger partial charge in [-0.15, -0.1) is 0 Å². The topological polar surface area (TPSA) is 67.5 Å². The van der Waals surface area contributed by atoms with Crippen molar-refractivity contribution in [1.82, 2.24) is 9.97 Å². The Bertz CT molecular complexity index is 762. The van der Waals surface area contributed by atoms with E-state index in [0.29, 0.717) is 17.9 Å². The number of aromatic nitrogens is 2. The summed E-state index contributed by atoms with van der Waals surface area (Å²) < 4.78 is 11.8. The van der Waals surface area contributed by atoms with Crippen molar-refractivity contribution in [2.24, 2.45) is 0 Å². The average Bonchev–Trinajstić information content (AvgIpc) is 2.68. The van der Waals surface area contributed by atoms with Gasteiger partial charge in [-0.1, -0.05) is 12.1 Å². The molecule has 4 rings (SSSR count). The smallest absolute Gasteiger partial charge is 0.260 e. The second kappa shape index (κ2) is 7.54. The number of rotatable bonds is 4. The van der Waals surface area contributed by atoms with Gasteiger partial charge in [0, 0.05) is 19.7 Å². The molecule has 0 spiro atoms. The van der Waals surface area contributed by atoms with Crippen molar-refractivity contribution >= 4 is 16.9 Å². The molecule has 0 amide bonds. The lowest BCUT2D eigenvalue weighted by Gasteiger charge is -2.33. The number of hydrogen-bond donors (Lipinski definition) is 1. The summed E-state index contributed by atoms with van der Waals surface area (Å²) in [4.78, 5) is 21.9. The molecule has 6 nitrogen and oxygen atoms in total. The molecule has 0 aliphatic carbocycles. The van der Waals surface area contributed by atoms with Crippen molar-refractivity contribution in [2.75, 3.05) is 31.2 Å². The number of para-hydroxylation sites is 1. The number of anilines is 1. The van der Waals surface area contributed by atoms with Crippen LogP contribution in [0.5, 0.6) is 0 Å². The monoisotopic (exact) mass is 343 g/mol. The van der Waals surface area contributed by atoms with Gasteiger partial charge in [-0.2, -0.15) is 0 Å². The van der Waals surface area contributed by atoms with Crippen molar-refractivity contribution in [1.29, 1.82) is 0 Å². The predicted molar refractivity (Wildman–Crippen MR) is 97.1 cm³/mol. The fraction of sp³-hybridized carbons (Fsp3) is 0.579. The molecule has 0 radical (unpaired) electrons. The van der Waals surface area contributed by atoms with Crippen molar-refractivity contribution in [3.8, 4) is 0 Å². The highest BCUT2D eigenvalue weighted by atomic mass is 16.5. The first-order valence-corrected chi connectivity index (χ1v) is 9.27. The molecular weight excluding hydrogens is 318 g/mol. The molecule has 1 aromatic carbocycles. The van der Waals surface area contributed by atoms with Gasteiger partial charge in [0.1, 0.15) is 0 Å². The van der Waals surface area contributed by atoms with Gasteiger partial charge in [-0.3, -0.25) is 9.78 Å². The molecule has 0 saturated carbocycles. The maximum Gasteiger partial charge on any atom is 0.260 e. The van der Waals surface area contributed by atoms with Crippen molar-refractivity contribution in [2.45, 2.75) is 44.3 Å². The van der Waals surface area contributed by atoms with E-state index in [2.05, 4.69) is 14.9 Å². The van der Waals surface area contributed by atoms with E-state index in [0.717, 1.165) is 44.5 Å². The van der Waals surface area contributed by atoms with Crippen LogP contribution in [-0.2, 0) is 9.47 Å². The zero-order chi connectivity index (χ0) is 17.1. The van der Waals surface area contributed by atoms with E-state index in [-0.39, 0.29) is 17.8 Å². The molecule has 2 aliphatic heterocycles. The zero-order valence-electron chi connectivity index (χ0n) is 14.4. The van der Waals surface area contributed by atoms with Gasteiger partial charge in [-0.05, 0) is 44.2 Å². The molecule has 1 N–H and O–H groups in total. The fourth-order valence-corrected chi connectivity index (χ4v) is 3.64. The predicted octanol–water partition coefficient (Wildman–Crippen LogP) is 2.48. The van der Waals surface area contributed by atoms with Gasteiger partial charge >= 0.3 is 0 Å². The van der Waals surface area contributed by atoms with E-state index in [9.17, 15) is 4.79 Å². The molecule has 3 heterocycles. The molecule has 0 bridgehead atoms. The summed E-state index contributed by atoms with van der Waals surface area (Å²) in [6, 6.07) is 7.45. The maximum atomic E-state index is 12.2. The van der Waals surface area contributed by atoms with Crippen LogP contribution in [0, 0.1) is 0 Å². The number of nitrogens with zero attached hydrogens (tertiary/aromatic N) is 2. The highest BCUT2D eigenvalue weighted by molar-refractivity contribution is 5.78. The normalized spacial score (nSPS) is 22.4. The third-order valence-corrected chi connectivity index (χ3v) is 5.13. The summed E-state index contributed by atoms with van der Waals surface area (Å²) >= 11 is 0. The van der Waals surface area contributed by atoms with Gasteiger partial charge in [0.2, 0.25) is 5.95 Å².